The van der Waals surface area contributed by atoms with Gasteiger partial charge in [0.2, 0.25) is 0 Å². The van der Waals surface area contributed by atoms with Crippen molar-refractivity contribution in [2.75, 3.05) is 18.5 Å². The zero-order valence-corrected chi connectivity index (χ0v) is 25.1. The van der Waals surface area contributed by atoms with E-state index in [1.54, 1.807) is 24.4 Å². The van der Waals surface area contributed by atoms with Crippen LogP contribution in [0.15, 0.2) is 81.6 Å². The van der Waals surface area contributed by atoms with Crippen molar-refractivity contribution in [1.82, 2.24) is 9.66 Å². The number of nitrogens with zero attached hydrogens (tertiary/aromatic N) is 3. The Morgan fingerprint density at radius 2 is 1.93 bits per heavy atom. The molecule has 0 fully saturated rings. The third-order valence-corrected chi connectivity index (χ3v) is 6.74. The molecule has 0 spiro atoms. The van der Waals surface area contributed by atoms with Crippen LogP contribution in [0.3, 0.4) is 0 Å². The van der Waals surface area contributed by atoms with Crippen LogP contribution in [-0.4, -0.2) is 35.0 Å². The van der Waals surface area contributed by atoms with Crippen molar-refractivity contribution in [3.63, 3.8) is 0 Å². The number of unbranched alkanes of at least 4 members (excludes halogenated alkanes) is 1. The molecule has 1 N–H and O–H groups in total. The molecule has 0 unspecified atom stereocenters. The number of aryl methyl sites for hydroxylation is 1. The van der Waals surface area contributed by atoms with Gasteiger partial charge >= 0.3 is 0 Å². The lowest BCUT2D eigenvalue weighted by Crippen LogP contribution is -2.22. The largest absolute Gasteiger partial charge is 0.490 e. The standard InChI is InChI=1S/C32H32BrFN4O4/c1-4-7-9-29-37-27-15-10-23(33)18-26(27)32(40)38(29)35-19-21-16-22(8-5-2)31(28(17-21)41-6-3)42-20-30(39)36-25-13-11-24(34)12-14-25/h5,10-19H,2,4,6-9,20H2,1,3H3,(H,36,39). The molecule has 4 rings (SSSR count). The average molecular weight is 636 g/mol. The highest BCUT2D eigenvalue weighted by Crippen LogP contribution is 2.34. The number of ether oxygens (including phenoxy) is 2. The van der Waals surface area contributed by atoms with E-state index < -0.39 is 11.7 Å². The second kappa shape index (κ2) is 14.5. The number of hydrogen-bond acceptors (Lipinski definition) is 6. The minimum atomic E-state index is -0.409. The van der Waals surface area contributed by atoms with Crippen molar-refractivity contribution < 1.29 is 18.7 Å². The number of anilines is 1. The molecule has 8 nitrogen and oxygen atoms in total. The van der Waals surface area contributed by atoms with Gasteiger partial charge in [0, 0.05) is 22.1 Å². The van der Waals surface area contributed by atoms with Gasteiger partial charge in [0.05, 0.1) is 23.7 Å². The first-order valence-corrected chi connectivity index (χ1v) is 14.5. The molecule has 1 amide bonds. The second-order valence-corrected chi connectivity index (χ2v) is 10.3. The SMILES string of the molecule is C=CCc1cc(C=Nn2c(CCCC)nc3ccc(Br)cc3c2=O)cc(OCC)c1OCC(=O)Nc1ccc(F)cc1. The number of fused-ring (bicyclic) bond motifs is 1. The molecule has 0 bridgehead atoms. The zero-order chi connectivity index (χ0) is 30.1. The number of benzene rings is 3. The van der Waals surface area contributed by atoms with Crippen LogP contribution in [0.2, 0.25) is 0 Å². The van der Waals surface area contributed by atoms with Crippen molar-refractivity contribution in [1.29, 1.82) is 0 Å². The first-order chi connectivity index (χ1) is 20.3. The fraction of sp³-hybridized carbons (Fsp3) is 0.250. The Morgan fingerprint density at radius 3 is 2.64 bits per heavy atom. The third-order valence-electron chi connectivity index (χ3n) is 6.25. The summed E-state index contributed by atoms with van der Waals surface area (Å²) in [6.07, 6.45) is 6.16. The molecule has 1 aromatic heterocycles. The Kier molecular flexibility index (Phi) is 10.6. The summed E-state index contributed by atoms with van der Waals surface area (Å²) in [6.45, 7) is 7.84. The molecule has 0 aliphatic rings. The van der Waals surface area contributed by atoms with E-state index in [0.717, 1.165) is 22.9 Å². The van der Waals surface area contributed by atoms with Crippen LogP contribution >= 0.6 is 15.9 Å². The summed E-state index contributed by atoms with van der Waals surface area (Å²) < 4.78 is 27.1. The van der Waals surface area contributed by atoms with E-state index in [2.05, 4.69) is 39.9 Å². The average Bonchev–Trinajstić information content (AvgIpc) is 2.97. The van der Waals surface area contributed by atoms with E-state index in [0.29, 0.717) is 58.9 Å². The molecular formula is C32H32BrFN4O4. The lowest BCUT2D eigenvalue weighted by Gasteiger charge is -2.16. The first-order valence-electron chi connectivity index (χ1n) is 13.7. The van der Waals surface area contributed by atoms with Crippen molar-refractivity contribution >= 4 is 44.6 Å². The number of halogens is 2. The first kappa shape index (κ1) is 30.6. The molecule has 218 valence electrons. The lowest BCUT2D eigenvalue weighted by atomic mass is 10.1. The molecule has 1 heterocycles. The highest BCUT2D eigenvalue weighted by Gasteiger charge is 2.16. The molecule has 0 aliphatic carbocycles. The van der Waals surface area contributed by atoms with Crippen LogP contribution in [0, 0.1) is 5.82 Å². The van der Waals surface area contributed by atoms with Crippen molar-refractivity contribution in [2.24, 2.45) is 5.10 Å². The number of carbonyl (C=O) groups is 1. The topological polar surface area (TPSA) is 94.8 Å². The number of rotatable bonds is 13. The van der Waals surface area contributed by atoms with Gasteiger partial charge in [-0.05, 0) is 79.9 Å². The van der Waals surface area contributed by atoms with Crippen LogP contribution in [0.4, 0.5) is 10.1 Å². The van der Waals surface area contributed by atoms with Gasteiger partial charge in [-0.3, -0.25) is 9.59 Å². The summed E-state index contributed by atoms with van der Waals surface area (Å²) in [5.74, 6) is 0.605. The molecule has 0 aliphatic heterocycles. The van der Waals surface area contributed by atoms with Crippen LogP contribution in [0.1, 0.15) is 43.6 Å². The van der Waals surface area contributed by atoms with Gasteiger partial charge in [-0.15, -0.1) is 6.58 Å². The quantitative estimate of drug-likeness (QED) is 0.131. The fourth-order valence-electron chi connectivity index (χ4n) is 4.29. The monoisotopic (exact) mass is 634 g/mol. The van der Waals surface area contributed by atoms with Gasteiger partial charge in [0.15, 0.2) is 18.1 Å². The zero-order valence-electron chi connectivity index (χ0n) is 23.5. The molecule has 0 saturated carbocycles. The van der Waals surface area contributed by atoms with Crippen LogP contribution in [0.5, 0.6) is 11.5 Å². The van der Waals surface area contributed by atoms with Gasteiger partial charge in [-0.2, -0.15) is 9.78 Å². The maximum atomic E-state index is 13.4. The van der Waals surface area contributed by atoms with Crippen LogP contribution in [0.25, 0.3) is 10.9 Å². The summed E-state index contributed by atoms with van der Waals surface area (Å²) in [5.41, 5.74) is 2.22. The fourth-order valence-corrected chi connectivity index (χ4v) is 4.66. The highest BCUT2D eigenvalue weighted by atomic mass is 79.9. The number of amides is 1. The number of aromatic nitrogens is 2. The lowest BCUT2D eigenvalue weighted by molar-refractivity contribution is -0.118. The van der Waals surface area contributed by atoms with Gasteiger partial charge in [0.1, 0.15) is 11.6 Å². The maximum absolute atomic E-state index is 13.4. The number of carbonyl (C=O) groups excluding carboxylic acids is 1. The Balaban J connectivity index is 1.66. The van der Waals surface area contributed by atoms with E-state index in [1.165, 1.54) is 28.9 Å². The van der Waals surface area contributed by atoms with E-state index in [-0.39, 0.29) is 12.2 Å². The molecular weight excluding hydrogens is 603 g/mol. The third kappa shape index (κ3) is 7.70. The summed E-state index contributed by atoms with van der Waals surface area (Å²) in [6, 6.07) is 14.5. The predicted molar refractivity (Wildman–Crippen MR) is 167 cm³/mol. The van der Waals surface area contributed by atoms with Gasteiger partial charge in [-0.1, -0.05) is 35.4 Å². The summed E-state index contributed by atoms with van der Waals surface area (Å²) in [7, 11) is 0. The molecule has 0 radical (unpaired) electrons. The summed E-state index contributed by atoms with van der Waals surface area (Å²) >= 11 is 3.43. The van der Waals surface area contributed by atoms with Crippen molar-refractivity contribution in [3.8, 4) is 11.5 Å². The highest BCUT2D eigenvalue weighted by molar-refractivity contribution is 9.10. The molecule has 3 aromatic carbocycles. The number of nitrogens with one attached hydrogen (secondary N) is 1. The van der Waals surface area contributed by atoms with Crippen LogP contribution < -0.4 is 20.3 Å². The number of hydrogen-bond donors (Lipinski definition) is 1. The van der Waals surface area contributed by atoms with Crippen molar-refractivity contribution in [2.45, 2.75) is 39.5 Å². The molecule has 42 heavy (non-hydrogen) atoms. The smallest absolute Gasteiger partial charge is 0.282 e. The second-order valence-electron chi connectivity index (χ2n) is 9.43. The Morgan fingerprint density at radius 1 is 1.14 bits per heavy atom. The molecule has 4 aromatic rings. The van der Waals surface area contributed by atoms with Gasteiger partial charge in [0.25, 0.3) is 11.5 Å². The Hall–Kier alpha value is -4.31. The van der Waals surface area contributed by atoms with E-state index >= 15 is 0 Å². The van der Waals surface area contributed by atoms with Crippen LogP contribution in [-0.2, 0) is 17.6 Å². The molecule has 10 heteroatoms. The van der Waals surface area contributed by atoms with Gasteiger partial charge in [-0.25, -0.2) is 9.37 Å². The van der Waals surface area contributed by atoms with E-state index in [4.69, 9.17) is 14.5 Å². The minimum absolute atomic E-state index is 0.257. The van der Waals surface area contributed by atoms with Crippen molar-refractivity contribution in [3.05, 3.63) is 105 Å². The molecule has 0 atom stereocenters. The summed E-state index contributed by atoms with van der Waals surface area (Å²) in [4.78, 5) is 30.7. The Labute approximate surface area is 252 Å². The maximum Gasteiger partial charge on any atom is 0.282 e. The predicted octanol–water partition coefficient (Wildman–Crippen LogP) is 6.67. The molecule has 0 saturated heterocycles. The number of allylic oxidation sites excluding steroid dienone is 1. The summed E-state index contributed by atoms with van der Waals surface area (Å²) in [5, 5.41) is 7.70. The van der Waals surface area contributed by atoms with Gasteiger partial charge < -0.3 is 14.8 Å². The van der Waals surface area contributed by atoms with E-state index in [9.17, 15) is 14.0 Å². The van der Waals surface area contributed by atoms with E-state index in [1.807, 2.05) is 25.1 Å². The Bertz CT molecular complexity index is 1670. The normalized spacial score (nSPS) is 11.1. The minimum Gasteiger partial charge on any atom is -0.490 e.